The van der Waals surface area contributed by atoms with Crippen molar-refractivity contribution < 1.29 is 4.79 Å². The van der Waals surface area contributed by atoms with Gasteiger partial charge in [-0.15, -0.1) is 0 Å². The third-order valence-electron chi connectivity index (χ3n) is 5.23. The van der Waals surface area contributed by atoms with E-state index in [9.17, 15) is 4.79 Å². The molecule has 0 fully saturated rings. The SMILES string of the molecule is C=C1C(C)=C(CCCCCCCC)N(CC(=O)CC)c2ccccc21. The fraction of sp³-hybridized carbons (Fsp3) is 0.522. The molecule has 0 saturated carbocycles. The van der Waals surface area contributed by atoms with Gasteiger partial charge in [0.25, 0.3) is 0 Å². The lowest BCUT2D eigenvalue weighted by molar-refractivity contribution is -0.117. The second-order valence-corrected chi connectivity index (χ2v) is 7.06. The molecule has 2 nitrogen and oxygen atoms in total. The highest BCUT2D eigenvalue weighted by atomic mass is 16.1. The van der Waals surface area contributed by atoms with Gasteiger partial charge in [0.1, 0.15) is 0 Å². The van der Waals surface area contributed by atoms with Gasteiger partial charge in [0, 0.05) is 23.4 Å². The van der Waals surface area contributed by atoms with Crippen LogP contribution in [0.15, 0.2) is 42.1 Å². The molecule has 0 saturated heterocycles. The van der Waals surface area contributed by atoms with Crippen LogP contribution in [0.25, 0.3) is 5.57 Å². The third-order valence-corrected chi connectivity index (χ3v) is 5.23. The first-order chi connectivity index (χ1) is 12.1. The van der Waals surface area contributed by atoms with Gasteiger partial charge in [0.2, 0.25) is 0 Å². The summed E-state index contributed by atoms with van der Waals surface area (Å²) in [7, 11) is 0. The maximum absolute atomic E-state index is 12.2. The molecule has 1 aromatic rings. The van der Waals surface area contributed by atoms with E-state index in [0.29, 0.717) is 13.0 Å². The summed E-state index contributed by atoms with van der Waals surface area (Å²) in [6, 6.07) is 8.34. The Bertz CT molecular complexity index is 641. The molecule has 1 aliphatic heterocycles. The molecular formula is C23H33NO. The Morgan fingerprint density at radius 3 is 2.44 bits per heavy atom. The Labute approximate surface area is 153 Å². The van der Waals surface area contributed by atoms with Gasteiger partial charge in [-0.25, -0.2) is 0 Å². The van der Waals surface area contributed by atoms with Gasteiger partial charge in [-0.1, -0.05) is 70.7 Å². The second kappa shape index (κ2) is 9.60. The smallest absolute Gasteiger partial charge is 0.152 e. The van der Waals surface area contributed by atoms with Crippen LogP contribution < -0.4 is 4.90 Å². The van der Waals surface area contributed by atoms with Crippen LogP contribution in [-0.4, -0.2) is 12.3 Å². The number of allylic oxidation sites excluding steroid dienone is 3. The monoisotopic (exact) mass is 339 g/mol. The number of hydrogen-bond acceptors (Lipinski definition) is 2. The topological polar surface area (TPSA) is 20.3 Å². The summed E-state index contributed by atoms with van der Waals surface area (Å²) < 4.78 is 0. The van der Waals surface area contributed by atoms with E-state index in [2.05, 4.69) is 49.6 Å². The third kappa shape index (κ3) is 4.84. The maximum Gasteiger partial charge on any atom is 0.152 e. The standard InChI is InChI=1S/C23H33NO/c1-5-7-8-9-10-11-15-22-19(4)18(3)21-14-12-13-16-23(21)24(22)17-20(25)6-2/h12-14,16H,3,5-11,15,17H2,1-2,4H3. The lowest BCUT2D eigenvalue weighted by Crippen LogP contribution is -2.32. The molecule has 0 N–H and O–H groups in total. The molecule has 0 bridgehead atoms. The van der Waals surface area contributed by atoms with Crippen LogP contribution >= 0.6 is 0 Å². The molecule has 2 heteroatoms. The Hall–Kier alpha value is -1.83. The number of nitrogens with zero attached hydrogens (tertiary/aromatic N) is 1. The van der Waals surface area contributed by atoms with Crippen LogP contribution in [-0.2, 0) is 4.79 Å². The molecule has 25 heavy (non-hydrogen) atoms. The average Bonchev–Trinajstić information content (AvgIpc) is 2.64. The van der Waals surface area contributed by atoms with Crippen molar-refractivity contribution in [1.82, 2.24) is 0 Å². The van der Waals surface area contributed by atoms with Crippen LogP contribution in [0.5, 0.6) is 0 Å². The van der Waals surface area contributed by atoms with E-state index >= 15 is 0 Å². The zero-order chi connectivity index (χ0) is 18.2. The first kappa shape index (κ1) is 19.5. The first-order valence-corrected chi connectivity index (χ1v) is 9.87. The van der Waals surface area contributed by atoms with Crippen molar-refractivity contribution in [3.8, 4) is 0 Å². The van der Waals surface area contributed by atoms with Gasteiger partial charge in [0.05, 0.1) is 6.54 Å². The molecule has 0 radical (unpaired) electrons. The highest BCUT2D eigenvalue weighted by Crippen LogP contribution is 2.41. The van der Waals surface area contributed by atoms with Crippen molar-refractivity contribution in [3.05, 3.63) is 47.7 Å². The molecule has 0 amide bonds. The van der Waals surface area contributed by atoms with Crippen LogP contribution in [0.4, 0.5) is 5.69 Å². The quantitative estimate of drug-likeness (QED) is 0.452. The Balaban J connectivity index is 2.17. The Morgan fingerprint density at radius 1 is 1.04 bits per heavy atom. The number of carbonyl (C=O) groups is 1. The van der Waals surface area contributed by atoms with Crippen LogP contribution in [0.3, 0.4) is 0 Å². The molecule has 1 aromatic carbocycles. The molecule has 136 valence electrons. The normalized spacial score (nSPS) is 14.0. The van der Waals surface area contributed by atoms with Crippen molar-refractivity contribution in [2.75, 3.05) is 11.4 Å². The van der Waals surface area contributed by atoms with Gasteiger partial charge in [-0.2, -0.15) is 0 Å². The minimum absolute atomic E-state index is 0.288. The zero-order valence-electron chi connectivity index (χ0n) is 16.2. The molecule has 0 spiro atoms. The first-order valence-electron chi connectivity index (χ1n) is 9.87. The Kier molecular flexibility index (Phi) is 7.49. The number of carbonyl (C=O) groups excluding carboxylic acids is 1. The number of hydrogen-bond donors (Lipinski definition) is 0. The number of benzene rings is 1. The predicted molar refractivity (Wildman–Crippen MR) is 109 cm³/mol. The van der Waals surface area contributed by atoms with Crippen molar-refractivity contribution in [1.29, 1.82) is 0 Å². The molecule has 0 aliphatic carbocycles. The highest BCUT2D eigenvalue weighted by Gasteiger charge is 2.26. The van der Waals surface area contributed by atoms with Gasteiger partial charge in [-0.3, -0.25) is 4.79 Å². The van der Waals surface area contributed by atoms with E-state index in [0.717, 1.165) is 23.2 Å². The molecule has 0 unspecified atom stereocenters. The lowest BCUT2D eigenvalue weighted by Gasteiger charge is -2.35. The minimum Gasteiger partial charge on any atom is -0.337 e. The molecule has 1 aliphatic rings. The van der Waals surface area contributed by atoms with E-state index in [1.54, 1.807) is 0 Å². The van der Waals surface area contributed by atoms with Gasteiger partial charge >= 0.3 is 0 Å². The summed E-state index contributed by atoms with van der Waals surface area (Å²) in [5, 5.41) is 0. The van der Waals surface area contributed by atoms with Crippen LogP contribution in [0, 0.1) is 0 Å². The summed E-state index contributed by atoms with van der Waals surface area (Å²) in [4.78, 5) is 14.4. The molecule has 1 heterocycles. The van der Waals surface area contributed by atoms with Crippen molar-refractivity contribution in [3.63, 3.8) is 0 Å². The van der Waals surface area contributed by atoms with Gasteiger partial charge < -0.3 is 4.90 Å². The van der Waals surface area contributed by atoms with Gasteiger partial charge in [-0.05, 0) is 37.0 Å². The molecule has 2 rings (SSSR count). The maximum atomic E-state index is 12.2. The Morgan fingerprint density at radius 2 is 1.72 bits per heavy atom. The summed E-state index contributed by atoms with van der Waals surface area (Å²) in [6.45, 7) is 11.2. The number of rotatable bonds is 10. The van der Waals surface area contributed by atoms with Crippen LogP contribution in [0.1, 0.15) is 77.7 Å². The highest BCUT2D eigenvalue weighted by molar-refractivity contribution is 5.93. The number of ketones is 1. The number of anilines is 1. The number of Topliss-reactive ketones (excluding diaryl/α,β-unsaturated/α-hetero) is 1. The van der Waals surface area contributed by atoms with Crippen molar-refractivity contribution in [2.24, 2.45) is 0 Å². The second-order valence-electron chi connectivity index (χ2n) is 7.06. The van der Waals surface area contributed by atoms with E-state index in [1.807, 2.05) is 6.92 Å². The predicted octanol–water partition coefficient (Wildman–Crippen LogP) is 6.52. The number of unbranched alkanes of at least 4 members (excludes halogenated alkanes) is 5. The van der Waals surface area contributed by atoms with Crippen molar-refractivity contribution >= 4 is 17.0 Å². The summed E-state index contributed by atoms with van der Waals surface area (Å²) in [5.74, 6) is 0.288. The summed E-state index contributed by atoms with van der Waals surface area (Å²) in [6.07, 6.45) is 9.33. The fourth-order valence-corrected chi connectivity index (χ4v) is 3.55. The number of para-hydroxylation sites is 1. The zero-order valence-corrected chi connectivity index (χ0v) is 16.2. The fourth-order valence-electron chi connectivity index (χ4n) is 3.55. The largest absolute Gasteiger partial charge is 0.337 e. The molecular weight excluding hydrogens is 306 g/mol. The average molecular weight is 340 g/mol. The van der Waals surface area contributed by atoms with E-state index in [4.69, 9.17) is 0 Å². The van der Waals surface area contributed by atoms with E-state index < -0.39 is 0 Å². The summed E-state index contributed by atoms with van der Waals surface area (Å²) in [5.41, 5.74) is 5.95. The number of fused-ring (bicyclic) bond motifs is 1. The molecule has 0 aromatic heterocycles. The van der Waals surface area contributed by atoms with E-state index in [1.165, 1.54) is 49.8 Å². The molecule has 0 atom stereocenters. The lowest BCUT2D eigenvalue weighted by atomic mass is 9.90. The van der Waals surface area contributed by atoms with Crippen molar-refractivity contribution in [2.45, 2.75) is 72.1 Å². The van der Waals surface area contributed by atoms with Crippen LogP contribution in [0.2, 0.25) is 0 Å². The minimum atomic E-state index is 0.288. The van der Waals surface area contributed by atoms with E-state index in [-0.39, 0.29) is 5.78 Å². The van der Waals surface area contributed by atoms with Gasteiger partial charge in [0.15, 0.2) is 5.78 Å². The summed E-state index contributed by atoms with van der Waals surface area (Å²) >= 11 is 0.